The van der Waals surface area contributed by atoms with Gasteiger partial charge in [0.1, 0.15) is 11.7 Å². The number of hydrogen-bond donors (Lipinski definition) is 2. The average molecular weight is 290 g/mol. The Kier molecular flexibility index (Phi) is 6.92. The molecule has 6 nitrogen and oxygen atoms in total. The number of aliphatic hydroxyl groups excluding tert-OH is 1. The molecule has 1 amide bonds. The largest absolute Gasteiger partial charge is 0.464 e. The number of nitrogens with zero attached hydrogens (tertiary/aromatic N) is 1. The molecule has 0 radical (unpaired) electrons. The van der Waals surface area contributed by atoms with E-state index in [0.717, 1.165) is 0 Å². The highest BCUT2D eigenvalue weighted by Crippen LogP contribution is 2.00. The summed E-state index contributed by atoms with van der Waals surface area (Å²) in [7, 11) is 0. The number of rotatable bonds is 5. The van der Waals surface area contributed by atoms with E-state index in [1.54, 1.807) is 19.9 Å². The molecule has 21 heavy (non-hydrogen) atoms. The summed E-state index contributed by atoms with van der Waals surface area (Å²) < 4.78 is 4.80. The lowest BCUT2D eigenvalue weighted by atomic mass is 10.2. The molecule has 1 rings (SSSR count). The van der Waals surface area contributed by atoms with Crippen LogP contribution in [0.3, 0.4) is 0 Å². The van der Waals surface area contributed by atoms with Gasteiger partial charge in [0, 0.05) is 18.2 Å². The molecule has 0 aliphatic heterocycles. The van der Waals surface area contributed by atoms with Gasteiger partial charge in [0.2, 0.25) is 0 Å². The normalized spacial score (nSPS) is 11.0. The molecule has 0 fully saturated rings. The highest BCUT2D eigenvalue weighted by molar-refractivity contribution is 5.95. The van der Waals surface area contributed by atoms with Crippen molar-refractivity contribution >= 4 is 11.9 Å². The highest BCUT2D eigenvalue weighted by atomic mass is 16.5. The zero-order chi connectivity index (χ0) is 15.7. The molecule has 112 valence electrons. The maximum absolute atomic E-state index is 11.9. The van der Waals surface area contributed by atoms with E-state index in [1.165, 1.54) is 12.3 Å². The molecule has 0 spiro atoms. The minimum atomic E-state index is -0.733. The third-order valence-electron chi connectivity index (χ3n) is 2.45. The van der Waals surface area contributed by atoms with Crippen LogP contribution >= 0.6 is 0 Å². The maximum Gasteiger partial charge on any atom is 0.328 e. The number of aromatic nitrogens is 1. The van der Waals surface area contributed by atoms with Crippen molar-refractivity contribution in [3.63, 3.8) is 0 Å². The van der Waals surface area contributed by atoms with Crippen molar-refractivity contribution in [1.82, 2.24) is 10.3 Å². The number of amides is 1. The van der Waals surface area contributed by atoms with Crippen LogP contribution in [-0.2, 0) is 9.53 Å². The summed E-state index contributed by atoms with van der Waals surface area (Å²) in [4.78, 5) is 27.3. The predicted molar refractivity (Wildman–Crippen MR) is 76.4 cm³/mol. The highest BCUT2D eigenvalue weighted by Gasteiger charge is 2.17. The van der Waals surface area contributed by atoms with Crippen LogP contribution in [0.25, 0.3) is 0 Å². The van der Waals surface area contributed by atoms with Crippen LogP contribution in [0.15, 0.2) is 18.3 Å². The summed E-state index contributed by atoms with van der Waals surface area (Å²) in [5, 5.41) is 11.1. The second kappa shape index (κ2) is 8.72. The Morgan fingerprint density at radius 1 is 1.48 bits per heavy atom. The summed E-state index contributed by atoms with van der Waals surface area (Å²) in [5.74, 6) is 4.63. The molecule has 1 unspecified atom stereocenters. The fourth-order valence-corrected chi connectivity index (χ4v) is 1.42. The first-order valence-electron chi connectivity index (χ1n) is 6.61. The Labute approximate surface area is 123 Å². The van der Waals surface area contributed by atoms with Crippen LogP contribution in [0.2, 0.25) is 0 Å². The van der Waals surface area contributed by atoms with Crippen LogP contribution < -0.4 is 5.32 Å². The first-order chi connectivity index (χ1) is 10.1. The van der Waals surface area contributed by atoms with Crippen LogP contribution in [0, 0.1) is 11.8 Å². The van der Waals surface area contributed by atoms with Crippen molar-refractivity contribution < 1.29 is 19.4 Å². The number of carbonyl (C=O) groups excluding carboxylic acids is 2. The summed E-state index contributed by atoms with van der Waals surface area (Å²) in [6, 6.07) is 2.44. The molecule has 0 aliphatic carbocycles. The summed E-state index contributed by atoms with van der Waals surface area (Å²) >= 11 is 0. The summed E-state index contributed by atoms with van der Waals surface area (Å²) in [6.07, 6.45) is 1.85. The van der Waals surface area contributed by atoms with E-state index in [9.17, 15) is 9.59 Å². The number of hydrogen-bond acceptors (Lipinski definition) is 5. The fourth-order valence-electron chi connectivity index (χ4n) is 1.42. The Morgan fingerprint density at radius 2 is 2.24 bits per heavy atom. The van der Waals surface area contributed by atoms with E-state index in [4.69, 9.17) is 9.84 Å². The molecule has 0 aliphatic rings. The number of pyridine rings is 1. The van der Waals surface area contributed by atoms with Gasteiger partial charge in [-0.25, -0.2) is 9.78 Å². The minimum absolute atomic E-state index is 0.00661. The number of ether oxygens (including phenoxy) is 1. The molecule has 1 heterocycles. The smallest absolute Gasteiger partial charge is 0.328 e. The van der Waals surface area contributed by atoms with Gasteiger partial charge in [-0.3, -0.25) is 4.79 Å². The predicted octanol–water partition coefficient (Wildman–Crippen LogP) is 0.497. The fraction of sp³-hybridized carbons (Fsp3) is 0.400. The zero-order valence-corrected chi connectivity index (χ0v) is 12.0. The Balaban J connectivity index is 2.63. The third-order valence-corrected chi connectivity index (χ3v) is 2.45. The van der Waals surface area contributed by atoms with Crippen molar-refractivity contribution in [2.45, 2.75) is 26.3 Å². The van der Waals surface area contributed by atoms with Crippen LogP contribution in [0.1, 0.15) is 36.3 Å². The lowest BCUT2D eigenvalue weighted by Gasteiger charge is -2.12. The molecule has 2 N–H and O–H groups in total. The van der Waals surface area contributed by atoms with Gasteiger partial charge in [-0.15, -0.1) is 0 Å². The maximum atomic E-state index is 11.9. The van der Waals surface area contributed by atoms with Crippen molar-refractivity contribution in [3.05, 3.63) is 29.6 Å². The number of esters is 1. The van der Waals surface area contributed by atoms with E-state index >= 15 is 0 Å². The third kappa shape index (κ3) is 5.63. The minimum Gasteiger partial charge on any atom is -0.464 e. The van der Waals surface area contributed by atoms with Crippen molar-refractivity contribution in [2.75, 3.05) is 13.2 Å². The van der Waals surface area contributed by atoms with Crippen LogP contribution in [0.5, 0.6) is 0 Å². The molecular weight excluding hydrogens is 272 g/mol. The van der Waals surface area contributed by atoms with E-state index in [-0.39, 0.29) is 18.9 Å². The van der Waals surface area contributed by atoms with E-state index in [0.29, 0.717) is 12.0 Å². The van der Waals surface area contributed by atoms with Crippen molar-refractivity contribution in [1.29, 1.82) is 0 Å². The van der Waals surface area contributed by atoms with Crippen molar-refractivity contribution in [2.24, 2.45) is 0 Å². The summed E-state index contributed by atoms with van der Waals surface area (Å²) in [6.45, 7) is 3.51. The monoisotopic (exact) mass is 290 g/mol. The van der Waals surface area contributed by atoms with Crippen LogP contribution in [-0.4, -0.2) is 41.2 Å². The van der Waals surface area contributed by atoms with E-state index in [2.05, 4.69) is 22.1 Å². The average Bonchev–Trinajstić information content (AvgIpc) is 2.48. The molecule has 0 bridgehead atoms. The number of nitrogens with one attached hydrogen (secondary N) is 1. The van der Waals surface area contributed by atoms with Gasteiger partial charge in [-0.2, -0.15) is 0 Å². The van der Waals surface area contributed by atoms with Gasteiger partial charge in [0.15, 0.2) is 0 Å². The molecule has 1 atom stereocenters. The topological polar surface area (TPSA) is 88.5 Å². The van der Waals surface area contributed by atoms with Gasteiger partial charge in [0.05, 0.1) is 13.2 Å². The first-order valence-corrected chi connectivity index (χ1v) is 6.61. The second-order valence-corrected chi connectivity index (χ2v) is 4.15. The lowest BCUT2D eigenvalue weighted by molar-refractivity contribution is -0.144. The molecule has 1 aromatic heterocycles. The van der Waals surface area contributed by atoms with Gasteiger partial charge < -0.3 is 15.2 Å². The number of aliphatic hydroxyl groups is 1. The Bertz CT molecular complexity index is 543. The molecule has 0 saturated heterocycles. The SMILES string of the molecule is CCOC(=O)C(C)NC(=O)c1ccc(C#CCCO)cn1. The first kappa shape index (κ1) is 16.7. The second-order valence-electron chi connectivity index (χ2n) is 4.15. The van der Waals surface area contributed by atoms with Gasteiger partial charge in [-0.05, 0) is 26.0 Å². The van der Waals surface area contributed by atoms with Gasteiger partial charge >= 0.3 is 5.97 Å². The van der Waals surface area contributed by atoms with Crippen molar-refractivity contribution in [3.8, 4) is 11.8 Å². The quantitative estimate of drug-likeness (QED) is 0.609. The Hall–Kier alpha value is -2.39. The molecule has 0 aromatic carbocycles. The lowest BCUT2D eigenvalue weighted by Crippen LogP contribution is -2.39. The standard InChI is InChI=1S/C15H18N2O4/c1-3-21-15(20)11(2)17-14(19)13-8-7-12(10-16-13)6-4-5-9-18/h7-8,10-11,18H,3,5,9H2,1-2H3,(H,17,19). The van der Waals surface area contributed by atoms with Gasteiger partial charge in [0.25, 0.3) is 5.91 Å². The van der Waals surface area contributed by atoms with Crippen LogP contribution in [0.4, 0.5) is 0 Å². The Morgan fingerprint density at radius 3 is 2.81 bits per heavy atom. The molecule has 1 aromatic rings. The van der Waals surface area contributed by atoms with E-state index in [1.807, 2.05) is 0 Å². The van der Waals surface area contributed by atoms with Gasteiger partial charge in [-0.1, -0.05) is 11.8 Å². The molecule has 6 heteroatoms. The molecule has 0 saturated carbocycles. The molecular formula is C15H18N2O4. The van der Waals surface area contributed by atoms with E-state index < -0.39 is 17.9 Å². The number of carbonyl (C=O) groups is 2. The zero-order valence-electron chi connectivity index (χ0n) is 12.0. The summed E-state index contributed by atoms with van der Waals surface area (Å²) in [5.41, 5.74) is 0.845.